The Bertz CT molecular complexity index is 401. The number of hydrogen-bond donors (Lipinski definition) is 1. The number of carbonyl (C=O) groups is 2. The molecule has 1 N–H and O–H groups in total. The van der Waals surface area contributed by atoms with E-state index in [0.29, 0.717) is 12.2 Å². The number of rotatable bonds is 10. The van der Waals surface area contributed by atoms with E-state index in [0.717, 1.165) is 38.6 Å². The van der Waals surface area contributed by atoms with Crippen LogP contribution in [0.3, 0.4) is 0 Å². The zero-order chi connectivity index (χ0) is 14.8. The Labute approximate surface area is 131 Å². The number of unbranched alkanes of at least 4 members (excludes halogenated alkanes) is 1. The monoisotopic (exact) mass is 393 g/mol. The van der Waals surface area contributed by atoms with Crippen molar-refractivity contribution in [3.63, 3.8) is 0 Å². The molecule has 4 heteroatoms. The molecule has 0 aliphatic carbocycles. The SMILES string of the molecule is CCC(CCCCNC(=O)CCc1ccc[te]1)C(C)=O. The first kappa shape index (κ1) is 17.5. The molecule has 0 saturated carbocycles. The van der Waals surface area contributed by atoms with E-state index in [1.54, 1.807) is 6.92 Å². The van der Waals surface area contributed by atoms with Crippen molar-refractivity contribution in [1.82, 2.24) is 5.32 Å². The second kappa shape index (κ2) is 10.2. The molecule has 1 heterocycles. The fourth-order valence-electron chi connectivity index (χ4n) is 2.22. The predicted molar refractivity (Wildman–Crippen MR) is 83.0 cm³/mol. The second-order valence-corrected chi connectivity index (χ2v) is 8.09. The second-order valence-electron chi connectivity index (χ2n) is 5.14. The molecule has 0 aliphatic rings. The molecule has 0 fully saturated rings. The Hall–Kier alpha value is -0.590. The van der Waals surface area contributed by atoms with Gasteiger partial charge in [0.2, 0.25) is 0 Å². The van der Waals surface area contributed by atoms with Gasteiger partial charge in [0, 0.05) is 0 Å². The minimum atomic E-state index is -0.0899. The quantitative estimate of drug-likeness (QED) is 0.493. The minimum absolute atomic E-state index is 0.0899. The van der Waals surface area contributed by atoms with Crippen molar-refractivity contribution in [3.05, 3.63) is 19.8 Å². The molecule has 0 spiro atoms. The summed E-state index contributed by atoms with van der Waals surface area (Å²) < 4.78 is 3.72. The van der Waals surface area contributed by atoms with Gasteiger partial charge in [-0.25, -0.2) is 0 Å². The van der Waals surface area contributed by atoms with Crippen molar-refractivity contribution in [1.29, 1.82) is 0 Å². The van der Waals surface area contributed by atoms with Gasteiger partial charge < -0.3 is 0 Å². The van der Waals surface area contributed by atoms with E-state index < -0.39 is 0 Å². The molecule has 112 valence electrons. The van der Waals surface area contributed by atoms with Crippen molar-refractivity contribution in [3.8, 4) is 0 Å². The number of Topliss-reactive ketones (excluding diaryl/α,β-unsaturated/α-hetero) is 1. The molecule has 0 aromatic carbocycles. The van der Waals surface area contributed by atoms with Gasteiger partial charge in [-0.05, 0) is 0 Å². The maximum absolute atomic E-state index is 11.7. The molecule has 1 atom stereocenters. The third-order valence-electron chi connectivity index (χ3n) is 3.55. The third-order valence-corrected chi connectivity index (χ3v) is 6.22. The maximum atomic E-state index is 11.7. The summed E-state index contributed by atoms with van der Waals surface area (Å²) >= 11 is -0.0899. The summed E-state index contributed by atoms with van der Waals surface area (Å²) in [6.07, 6.45) is 5.39. The molecule has 1 amide bonds. The molecule has 0 saturated heterocycles. The molecular weight excluding hydrogens is 366 g/mol. The van der Waals surface area contributed by atoms with Crippen LogP contribution in [0, 0.1) is 5.92 Å². The van der Waals surface area contributed by atoms with Crippen LogP contribution in [0.4, 0.5) is 0 Å². The Morgan fingerprint density at radius 3 is 2.75 bits per heavy atom. The zero-order valence-electron chi connectivity index (χ0n) is 12.5. The number of nitrogens with one attached hydrogen (secondary N) is 1. The number of ketones is 1. The van der Waals surface area contributed by atoms with E-state index in [1.165, 1.54) is 3.58 Å². The molecule has 0 bridgehead atoms. The van der Waals surface area contributed by atoms with Crippen LogP contribution >= 0.6 is 0 Å². The average molecular weight is 391 g/mol. The fourth-order valence-corrected chi connectivity index (χ4v) is 4.24. The third kappa shape index (κ3) is 7.26. The Morgan fingerprint density at radius 2 is 2.15 bits per heavy atom. The molecule has 1 rings (SSSR count). The van der Waals surface area contributed by atoms with Crippen LogP contribution in [-0.2, 0) is 16.0 Å². The van der Waals surface area contributed by atoms with Crippen molar-refractivity contribution in [2.24, 2.45) is 5.92 Å². The van der Waals surface area contributed by atoms with Crippen molar-refractivity contribution >= 4 is 32.1 Å². The summed E-state index contributed by atoms with van der Waals surface area (Å²) in [6, 6.07) is 4.26. The average Bonchev–Trinajstić information content (AvgIpc) is 2.93. The van der Waals surface area contributed by atoms with Gasteiger partial charge in [-0.2, -0.15) is 0 Å². The molecule has 1 aromatic rings. The number of aryl methyl sites for hydroxylation is 1. The van der Waals surface area contributed by atoms with E-state index in [4.69, 9.17) is 0 Å². The molecule has 1 unspecified atom stereocenters. The topological polar surface area (TPSA) is 46.2 Å². The van der Waals surface area contributed by atoms with Crippen LogP contribution in [0.15, 0.2) is 16.2 Å². The summed E-state index contributed by atoms with van der Waals surface area (Å²) in [5.41, 5.74) is 0. The Balaban J connectivity index is 2.03. The Morgan fingerprint density at radius 1 is 1.35 bits per heavy atom. The van der Waals surface area contributed by atoms with Gasteiger partial charge in [0.15, 0.2) is 0 Å². The summed E-state index contributed by atoms with van der Waals surface area (Å²) in [7, 11) is 0. The number of carbonyl (C=O) groups excluding carboxylic acids is 2. The van der Waals surface area contributed by atoms with E-state index in [2.05, 4.69) is 28.5 Å². The number of hydrogen-bond acceptors (Lipinski definition) is 2. The van der Waals surface area contributed by atoms with Gasteiger partial charge in [0.25, 0.3) is 0 Å². The van der Waals surface area contributed by atoms with Crippen LogP contribution in [0.5, 0.6) is 0 Å². The first-order valence-corrected chi connectivity index (χ1v) is 9.94. The van der Waals surface area contributed by atoms with Gasteiger partial charge in [0.1, 0.15) is 0 Å². The van der Waals surface area contributed by atoms with E-state index in [1.807, 2.05) is 0 Å². The van der Waals surface area contributed by atoms with Crippen molar-refractivity contribution in [2.45, 2.75) is 52.4 Å². The predicted octanol–water partition coefficient (Wildman–Crippen LogP) is 2.58. The van der Waals surface area contributed by atoms with Gasteiger partial charge in [-0.3, -0.25) is 0 Å². The van der Waals surface area contributed by atoms with E-state index in [-0.39, 0.29) is 32.3 Å². The standard InChI is InChI=1S/C16H25NO2Te/c1-3-14(13(2)18)7-4-5-11-17-16(19)10-9-15-8-6-12-20-15/h6,8,12,14H,3-5,7,9-11H2,1-2H3,(H,17,19). The molecule has 20 heavy (non-hydrogen) atoms. The normalized spacial score (nSPS) is 12.1. The van der Waals surface area contributed by atoms with Crippen LogP contribution in [-0.4, -0.2) is 38.7 Å². The van der Waals surface area contributed by atoms with Crippen LogP contribution in [0.1, 0.15) is 49.5 Å². The van der Waals surface area contributed by atoms with Crippen LogP contribution < -0.4 is 5.32 Å². The van der Waals surface area contributed by atoms with Crippen molar-refractivity contribution < 1.29 is 9.59 Å². The molecule has 1 aromatic heterocycles. The zero-order valence-corrected chi connectivity index (χ0v) is 14.8. The first-order valence-electron chi connectivity index (χ1n) is 7.43. The Kier molecular flexibility index (Phi) is 8.89. The number of amides is 1. The van der Waals surface area contributed by atoms with Gasteiger partial charge >= 0.3 is 132 Å². The molecular formula is C16H25NO2Te. The summed E-state index contributed by atoms with van der Waals surface area (Å²) in [5.74, 6) is 0.653. The van der Waals surface area contributed by atoms with E-state index >= 15 is 0 Å². The van der Waals surface area contributed by atoms with Gasteiger partial charge in [0.05, 0.1) is 0 Å². The summed E-state index contributed by atoms with van der Waals surface area (Å²) in [6.45, 7) is 4.47. The van der Waals surface area contributed by atoms with Crippen LogP contribution in [0.25, 0.3) is 0 Å². The van der Waals surface area contributed by atoms with Crippen molar-refractivity contribution in [2.75, 3.05) is 6.54 Å². The fraction of sp³-hybridized carbons (Fsp3) is 0.625. The molecule has 0 aliphatic heterocycles. The first-order chi connectivity index (χ1) is 9.63. The van der Waals surface area contributed by atoms with E-state index in [9.17, 15) is 9.59 Å². The summed E-state index contributed by atoms with van der Waals surface area (Å²) in [4.78, 5) is 22.9. The molecule has 3 nitrogen and oxygen atoms in total. The van der Waals surface area contributed by atoms with Gasteiger partial charge in [-0.15, -0.1) is 0 Å². The van der Waals surface area contributed by atoms with Crippen LogP contribution in [0.2, 0.25) is 0 Å². The summed E-state index contributed by atoms with van der Waals surface area (Å²) in [5, 5.41) is 2.97. The molecule has 0 radical (unpaired) electrons. The van der Waals surface area contributed by atoms with Gasteiger partial charge in [-0.1, -0.05) is 0 Å².